The molecule has 0 atom stereocenters. The average Bonchev–Trinajstić information content (AvgIpc) is 2.96. The lowest BCUT2D eigenvalue weighted by atomic mass is 10.0. The number of hydrogen-bond donors (Lipinski definition) is 0. The van der Waals surface area contributed by atoms with Gasteiger partial charge in [0, 0.05) is 24.5 Å². The van der Waals surface area contributed by atoms with E-state index >= 15 is 0 Å². The molecule has 118 valence electrons. The summed E-state index contributed by atoms with van der Waals surface area (Å²) >= 11 is 3.55. The Bertz CT molecular complexity index is 825. The maximum Gasteiger partial charge on any atom is 0.0815 e. The normalized spacial score (nSPS) is 15.5. The van der Waals surface area contributed by atoms with E-state index in [9.17, 15) is 0 Å². The van der Waals surface area contributed by atoms with Gasteiger partial charge in [0.1, 0.15) is 0 Å². The van der Waals surface area contributed by atoms with E-state index in [0.717, 1.165) is 38.0 Å². The van der Waals surface area contributed by atoms with E-state index in [1.165, 1.54) is 26.3 Å². The molecule has 0 amide bonds. The number of hydrogen-bond acceptors (Lipinski definition) is 4. The van der Waals surface area contributed by atoms with Crippen molar-refractivity contribution < 1.29 is 0 Å². The summed E-state index contributed by atoms with van der Waals surface area (Å²) in [5, 5.41) is 0. The largest absolute Gasteiger partial charge is 0.298 e. The Labute approximate surface area is 145 Å². The zero-order valence-electron chi connectivity index (χ0n) is 13.3. The molecule has 0 N–H and O–H groups in total. The molecule has 0 unspecified atom stereocenters. The second kappa shape index (κ2) is 6.63. The van der Waals surface area contributed by atoms with Crippen molar-refractivity contribution in [2.75, 3.05) is 19.3 Å². The fraction of sp³-hybridized carbons (Fsp3) is 0.316. The van der Waals surface area contributed by atoms with Gasteiger partial charge in [-0.15, -0.1) is 23.1 Å². The molecule has 0 saturated carbocycles. The van der Waals surface area contributed by atoms with Gasteiger partial charge in [0.2, 0.25) is 0 Å². The average molecular weight is 341 g/mol. The van der Waals surface area contributed by atoms with Crippen molar-refractivity contribution >= 4 is 33.3 Å². The SMILES string of the molecule is CSc1ccc2c(c1)CCN(Cc1ccc3scnc3c1)CC2. The second-order valence-electron chi connectivity index (χ2n) is 6.07. The summed E-state index contributed by atoms with van der Waals surface area (Å²) in [7, 11) is 0. The van der Waals surface area contributed by atoms with E-state index in [0.29, 0.717) is 0 Å². The van der Waals surface area contributed by atoms with Crippen LogP contribution in [0.2, 0.25) is 0 Å². The van der Waals surface area contributed by atoms with Gasteiger partial charge in [0.05, 0.1) is 15.7 Å². The summed E-state index contributed by atoms with van der Waals surface area (Å²) in [5.74, 6) is 0. The van der Waals surface area contributed by atoms with Crippen LogP contribution in [0, 0.1) is 0 Å². The van der Waals surface area contributed by atoms with Crippen LogP contribution in [0.1, 0.15) is 16.7 Å². The fourth-order valence-electron chi connectivity index (χ4n) is 3.29. The highest BCUT2D eigenvalue weighted by Crippen LogP contribution is 2.24. The number of aromatic nitrogens is 1. The summed E-state index contributed by atoms with van der Waals surface area (Å²) in [5.41, 5.74) is 7.50. The van der Waals surface area contributed by atoms with Crippen LogP contribution < -0.4 is 0 Å². The van der Waals surface area contributed by atoms with Crippen molar-refractivity contribution in [3.63, 3.8) is 0 Å². The van der Waals surface area contributed by atoms with Crippen molar-refractivity contribution in [2.45, 2.75) is 24.3 Å². The van der Waals surface area contributed by atoms with Crippen LogP contribution in [-0.2, 0) is 19.4 Å². The van der Waals surface area contributed by atoms with Gasteiger partial charge in [0.15, 0.2) is 0 Å². The van der Waals surface area contributed by atoms with Gasteiger partial charge >= 0.3 is 0 Å². The molecule has 0 spiro atoms. The number of thiazole rings is 1. The Hall–Kier alpha value is -1.36. The van der Waals surface area contributed by atoms with Crippen LogP contribution in [0.4, 0.5) is 0 Å². The first-order chi connectivity index (χ1) is 11.3. The van der Waals surface area contributed by atoms with Crippen LogP contribution >= 0.6 is 23.1 Å². The predicted octanol–water partition coefficient (Wildman–Crippen LogP) is 4.62. The molecule has 0 saturated heterocycles. The summed E-state index contributed by atoms with van der Waals surface area (Å²) in [6.07, 6.45) is 4.46. The quantitative estimate of drug-likeness (QED) is 0.647. The number of fused-ring (bicyclic) bond motifs is 2. The lowest BCUT2D eigenvalue weighted by Crippen LogP contribution is -2.25. The number of nitrogens with zero attached hydrogens (tertiary/aromatic N) is 2. The van der Waals surface area contributed by atoms with Gasteiger partial charge in [-0.1, -0.05) is 12.1 Å². The van der Waals surface area contributed by atoms with Crippen LogP contribution in [0.15, 0.2) is 46.8 Å². The summed E-state index contributed by atoms with van der Waals surface area (Å²) in [4.78, 5) is 8.40. The van der Waals surface area contributed by atoms with Crippen LogP contribution in [0.25, 0.3) is 10.2 Å². The number of thioether (sulfide) groups is 1. The van der Waals surface area contributed by atoms with Crippen LogP contribution in [0.5, 0.6) is 0 Å². The lowest BCUT2D eigenvalue weighted by Gasteiger charge is -2.19. The van der Waals surface area contributed by atoms with Gasteiger partial charge in [-0.05, 0) is 60.1 Å². The first-order valence-electron chi connectivity index (χ1n) is 8.02. The number of benzene rings is 2. The molecule has 2 heterocycles. The smallest absolute Gasteiger partial charge is 0.0815 e. The van der Waals surface area contributed by atoms with Crippen LogP contribution in [-0.4, -0.2) is 29.2 Å². The van der Waals surface area contributed by atoms with Crippen molar-refractivity contribution in [2.24, 2.45) is 0 Å². The van der Waals surface area contributed by atoms with E-state index in [-0.39, 0.29) is 0 Å². The highest BCUT2D eigenvalue weighted by atomic mass is 32.2. The molecule has 3 aromatic rings. The minimum atomic E-state index is 1.02. The van der Waals surface area contributed by atoms with Gasteiger partial charge in [0.25, 0.3) is 0 Å². The summed E-state index contributed by atoms with van der Waals surface area (Å²) in [6.45, 7) is 3.30. The molecule has 23 heavy (non-hydrogen) atoms. The highest BCUT2D eigenvalue weighted by molar-refractivity contribution is 7.98. The van der Waals surface area contributed by atoms with Crippen molar-refractivity contribution in [3.8, 4) is 0 Å². The van der Waals surface area contributed by atoms with Crippen LogP contribution in [0.3, 0.4) is 0 Å². The molecule has 0 aliphatic carbocycles. The molecule has 1 aliphatic heterocycles. The molecule has 1 aromatic heterocycles. The third-order valence-corrected chi connectivity index (χ3v) is 6.14. The van der Waals surface area contributed by atoms with Gasteiger partial charge < -0.3 is 0 Å². The summed E-state index contributed by atoms with van der Waals surface area (Å²) in [6, 6.07) is 13.7. The molecular weight excluding hydrogens is 320 g/mol. The van der Waals surface area contributed by atoms with E-state index in [4.69, 9.17) is 0 Å². The molecular formula is C19H20N2S2. The third-order valence-electron chi connectivity index (χ3n) is 4.61. The van der Waals surface area contributed by atoms with Crippen molar-refractivity contribution in [3.05, 3.63) is 58.6 Å². The topological polar surface area (TPSA) is 16.1 Å². The maximum absolute atomic E-state index is 4.44. The third kappa shape index (κ3) is 3.30. The monoisotopic (exact) mass is 340 g/mol. The predicted molar refractivity (Wildman–Crippen MR) is 101 cm³/mol. The molecule has 4 heteroatoms. The summed E-state index contributed by atoms with van der Waals surface area (Å²) < 4.78 is 1.28. The second-order valence-corrected chi connectivity index (χ2v) is 7.83. The standard InChI is InChI=1S/C19H20N2S2/c1-22-17-4-3-15-6-8-21(9-7-16(15)11-17)12-14-2-5-19-18(10-14)20-13-23-19/h2-5,10-11,13H,6-9,12H2,1H3. The van der Waals surface area contributed by atoms with E-state index in [1.54, 1.807) is 11.3 Å². The molecule has 2 aromatic carbocycles. The van der Waals surface area contributed by atoms with E-state index in [2.05, 4.69) is 52.5 Å². The molecule has 4 rings (SSSR count). The molecule has 0 fully saturated rings. The van der Waals surface area contributed by atoms with Gasteiger partial charge in [-0.3, -0.25) is 4.90 Å². The minimum absolute atomic E-state index is 1.02. The molecule has 0 radical (unpaired) electrons. The first-order valence-corrected chi connectivity index (χ1v) is 10.1. The zero-order chi connectivity index (χ0) is 15.6. The van der Waals surface area contributed by atoms with E-state index in [1.807, 2.05) is 17.3 Å². The zero-order valence-corrected chi connectivity index (χ0v) is 14.9. The van der Waals surface area contributed by atoms with Gasteiger partial charge in [-0.2, -0.15) is 0 Å². The van der Waals surface area contributed by atoms with Crippen molar-refractivity contribution in [1.29, 1.82) is 0 Å². The number of rotatable bonds is 3. The molecule has 0 bridgehead atoms. The Morgan fingerprint density at radius 2 is 1.96 bits per heavy atom. The highest BCUT2D eigenvalue weighted by Gasteiger charge is 2.15. The molecule has 1 aliphatic rings. The Kier molecular flexibility index (Phi) is 4.38. The Morgan fingerprint density at radius 1 is 1.09 bits per heavy atom. The fourth-order valence-corrected chi connectivity index (χ4v) is 4.42. The van der Waals surface area contributed by atoms with Gasteiger partial charge in [-0.25, -0.2) is 4.98 Å². The van der Waals surface area contributed by atoms with E-state index < -0.39 is 0 Å². The minimum Gasteiger partial charge on any atom is -0.298 e. The molecule has 2 nitrogen and oxygen atoms in total. The van der Waals surface area contributed by atoms with Crippen molar-refractivity contribution in [1.82, 2.24) is 9.88 Å². The lowest BCUT2D eigenvalue weighted by molar-refractivity contribution is 0.279. The first kappa shape index (κ1) is 15.2. The Balaban J connectivity index is 1.49. The Morgan fingerprint density at radius 3 is 2.83 bits per heavy atom. The maximum atomic E-state index is 4.44.